The van der Waals surface area contributed by atoms with Crippen molar-refractivity contribution in [2.75, 3.05) is 7.11 Å². The summed E-state index contributed by atoms with van der Waals surface area (Å²) in [7, 11) is 1.57. The summed E-state index contributed by atoms with van der Waals surface area (Å²) < 4.78 is 5.28. The van der Waals surface area contributed by atoms with Gasteiger partial charge in [-0.05, 0) is 18.2 Å². The number of hydrogen-bond donors (Lipinski definition) is 2. The summed E-state index contributed by atoms with van der Waals surface area (Å²) in [5.41, 5.74) is 0.692. The van der Waals surface area contributed by atoms with Gasteiger partial charge in [-0.1, -0.05) is 24.3 Å². The molecule has 0 radical (unpaired) electrons. The topological polar surface area (TPSA) is 92.3 Å². The van der Waals surface area contributed by atoms with Gasteiger partial charge in [0.2, 0.25) is 0 Å². The lowest BCUT2D eigenvalue weighted by Crippen LogP contribution is -2.14. The van der Waals surface area contributed by atoms with Gasteiger partial charge < -0.3 is 14.8 Å². The Morgan fingerprint density at radius 1 is 1.22 bits per heavy atom. The highest BCUT2D eigenvalue weighted by atomic mass is 16.5. The van der Waals surface area contributed by atoms with Gasteiger partial charge in [0.05, 0.1) is 23.6 Å². The van der Waals surface area contributed by atoms with Crippen LogP contribution in [-0.4, -0.2) is 28.2 Å². The molecule has 0 unspecified atom stereocenters. The highest BCUT2D eigenvalue weighted by Crippen LogP contribution is 2.20. The van der Waals surface area contributed by atoms with Crippen LogP contribution in [0.25, 0.3) is 10.9 Å². The molecule has 0 fully saturated rings. The Hall–Kier alpha value is -3.15. The molecule has 0 bridgehead atoms. The van der Waals surface area contributed by atoms with Crippen molar-refractivity contribution in [2.24, 2.45) is 0 Å². The standard InChI is InChI=1S/C17H14N2O4/c1-23-13-8-3-2-5-10(13)9-14-18-15-11(16(20)19-14)6-4-7-12(15)17(21)22/h2-8H,9H2,1H3,(H,21,22)(H,18,19,20). The van der Waals surface area contributed by atoms with Gasteiger partial charge in [0, 0.05) is 12.0 Å². The van der Waals surface area contributed by atoms with Crippen molar-refractivity contribution in [2.45, 2.75) is 6.42 Å². The Balaban J connectivity index is 2.14. The summed E-state index contributed by atoms with van der Waals surface area (Å²) in [4.78, 5) is 30.6. The van der Waals surface area contributed by atoms with Crippen LogP contribution in [0.4, 0.5) is 0 Å². The molecule has 6 heteroatoms. The summed E-state index contributed by atoms with van der Waals surface area (Å²) in [5.74, 6) is -0.0422. The van der Waals surface area contributed by atoms with Gasteiger partial charge in [-0.15, -0.1) is 0 Å². The van der Waals surface area contributed by atoms with E-state index in [1.54, 1.807) is 13.2 Å². The summed E-state index contributed by atoms with van der Waals surface area (Å²) in [5, 5.41) is 9.52. The molecule has 23 heavy (non-hydrogen) atoms. The van der Waals surface area contributed by atoms with Crippen molar-refractivity contribution in [3.63, 3.8) is 0 Å². The van der Waals surface area contributed by atoms with E-state index in [0.717, 1.165) is 5.56 Å². The zero-order valence-electron chi connectivity index (χ0n) is 12.4. The molecule has 116 valence electrons. The first kappa shape index (κ1) is 14.8. The molecule has 0 aliphatic heterocycles. The Kier molecular flexibility index (Phi) is 3.80. The first-order valence-corrected chi connectivity index (χ1v) is 6.97. The predicted molar refractivity (Wildman–Crippen MR) is 85.1 cm³/mol. The quantitative estimate of drug-likeness (QED) is 0.771. The first-order chi connectivity index (χ1) is 11.1. The maximum atomic E-state index is 12.2. The molecule has 2 aromatic carbocycles. The van der Waals surface area contributed by atoms with Gasteiger partial charge in [-0.2, -0.15) is 0 Å². The fourth-order valence-corrected chi connectivity index (χ4v) is 2.49. The molecule has 2 N–H and O–H groups in total. The van der Waals surface area contributed by atoms with E-state index in [-0.39, 0.29) is 22.0 Å². The number of aromatic nitrogens is 2. The van der Waals surface area contributed by atoms with E-state index in [4.69, 9.17) is 4.74 Å². The lowest BCUT2D eigenvalue weighted by molar-refractivity contribution is 0.0699. The largest absolute Gasteiger partial charge is 0.496 e. The number of carboxylic acid groups (broad SMARTS) is 1. The monoisotopic (exact) mass is 310 g/mol. The van der Waals surface area contributed by atoms with Crippen molar-refractivity contribution >= 4 is 16.9 Å². The van der Waals surface area contributed by atoms with Crippen molar-refractivity contribution in [1.29, 1.82) is 0 Å². The molecular formula is C17H14N2O4. The highest BCUT2D eigenvalue weighted by molar-refractivity contribution is 6.01. The van der Waals surface area contributed by atoms with Gasteiger partial charge in [-0.3, -0.25) is 4.79 Å². The van der Waals surface area contributed by atoms with Gasteiger partial charge in [0.15, 0.2) is 0 Å². The third-order valence-electron chi connectivity index (χ3n) is 3.57. The van der Waals surface area contributed by atoms with Crippen molar-refractivity contribution in [3.05, 3.63) is 69.8 Å². The van der Waals surface area contributed by atoms with E-state index in [1.807, 2.05) is 24.3 Å². The Labute approximate surface area is 131 Å². The van der Waals surface area contributed by atoms with Crippen LogP contribution in [0.1, 0.15) is 21.7 Å². The van der Waals surface area contributed by atoms with Crippen LogP contribution in [-0.2, 0) is 6.42 Å². The number of aromatic amines is 1. The number of hydrogen-bond acceptors (Lipinski definition) is 4. The number of methoxy groups -OCH3 is 1. The van der Waals surface area contributed by atoms with Crippen molar-refractivity contribution in [1.82, 2.24) is 9.97 Å². The SMILES string of the molecule is COc1ccccc1Cc1nc2c(C(=O)O)cccc2c(=O)[nH]1. The maximum Gasteiger partial charge on any atom is 0.337 e. The van der Waals surface area contributed by atoms with Crippen LogP contribution < -0.4 is 10.3 Å². The number of aromatic carboxylic acids is 1. The van der Waals surface area contributed by atoms with Gasteiger partial charge >= 0.3 is 5.97 Å². The number of carboxylic acids is 1. The zero-order chi connectivity index (χ0) is 16.4. The normalized spacial score (nSPS) is 10.7. The minimum absolute atomic E-state index is 0.00915. The molecule has 0 amide bonds. The molecule has 0 spiro atoms. The minimum Gasteiger partial charge on any atom is -0.496 e. The zero-order valence-corrected chi connectivity index (χ0v) is 12.4. The maximum absolute atomic E-state index is 12.2. The number of ether oxygens (including phenoxy) is 1. The molecule has 1 aromatic heterocycles. The van der Waals surface area contributed by atoms with Gasteiger partial charge in [0.25, 0.3) is 5.56 Å². The number of carbonyl (C=O) groups is 1. The summed E-state index contributed by atoms with van der Waals surface area (Å²) >= 11 is 0. The first-order valence-electron chi connectivity index (χ1n) is 6.97. The molecule has 0 saturated heterocycles. The van der Waals surface area contributed by atoms with Crippen LogP contribution in [0.2, 0.25) is 0 Å². The average Bonchev–Trinajstić information content (AvgIpc) is 2.55. The Morgan fingerprint density at radius 3 is 2.74 bits per heavy atom. The van der Waals surface area contributed by atoms with Crippen LogP contribution in [0, 0.1) is 0 Å². The molecule has 0 aliphatic rings. The molecule has 0 aliphatic carbocycles. The number of benzene rings is 2. The number of para-hydroxylation sites is 2. The molecule has 3 rings (SSSR count). The van der Waals surface area contributed by atoms with E-state index in [9.17, 15) is 14.7 Å². The Bertz CT molecular complexity index is 947. The molecule has 6 nitrogen and oxygen atoms in total. The van der Waals surface area contributed by atoms with Crippen molar-refractivity contribution < 1.29 is 14.6 Å². The van der Waals surface area contributed by atoms with E-state index in [1.165, 1.54) is 12.1 Å². The molecule has 0 atom stereocenters. The van der Waals surface area contributed by atoms with E-state index >= 15 is 0 Å². The number of nitrogens with zero attached hydrogens (tertiary/aromatic N) is 1. The number of rotatable bonds is 4. The third kappa shape index (κ3) is 2.78. The summed E-state index contributed by atoms with van der Waals surface area (Å²) in [6.07, 6.45) is 0.336. The van der Waals surface area contributed by atoms with Crippen LogP contribution in [0.5, 0.6) is 5.75 Å². The molecular weight excluding hydrogens is 296 g/mol. The van der Waals surface area contributed by atoms with Crippen LogP contribution in [0.3, 0.4) is 0 Å². The Morgan fingerprint density at radius 2 is 2.00 bits per heavy atom. The van der Waals surface area contributed by atoms with E-state index in [0.29, 0.717) is 18.0 Å². The van der Waals surface area contributed by atoms with Crippen molar-refractivity contribution in [3.8, 4) is 5.75 Å². The second kappa shape index (κ2) is 5.92. The second-order valence-corrected chi connectivity index (χ2v) is 5.01. The minimum atomic E-state index is -1.11. The number of fused-ring (bicyclic) bond motifs is 1. The lowest BCUT2D eigenvalue weighted by Gasteiger charge is -2.09. The van der Waals surface area contributed by atoms with Crippen LogP contribution >= 0.6 is 0 Å². The molecule has 3 aromatic rings. The van der Waals surface area contributed by atoms with E-state index < -0.39 is 5.97 Å². The molecule has 1 heterocycles. The van der Waals surface area contributed by atoms with Crippen LogP contribution in [0.15, 0.2) is 47.3 Å². The fourth-order valence-electron chi connectivity index (χ4n) is 2.49. The van der Waals surface area contributed by atoms with Gasteiger partial charge in [0.1, 0.15) is 11.6 Å². The fraction of sp³-hybridized carbons (Fsp3) is 0.118. The average molecular weight is 310 g/mol. The number of nitrogens with one attached hydrogen (secondary N) is 1. The van der Waals surface area contributed by atoms with Gasteiger partial charge in [-0.25, -0.2) is 9.78 Å². The number of H-pyrrole nitrogens is 1. The second-order valence-electron chi connectivity index (χ2n) is 5.01. The third-order valence-corrected chi connectivity index (χ3v) is 3.57. The summed E-state index contributed by atoms with van der Waals surface area (Å²) in [6, 6.07) is 11.9. The smallest absolute Gasteiger partial charge is 0.337 e. The summed E-state index contributed by atoms with van der Waals surface area (Å²) in [6.45, 7) is 0. The molecule has 0 saturated carbocycles. The highest BCUT2D eigenvalue weighted by Gasteiger charge is 2.14. The lowest BCUT2D eigenvalue weighted by atomic mass is 10.1. The van der Waals surface area contributed by atoms with E-state index in [2.05, 4.69) is 9.97 Å². The predicted octanol–water partition coefficient (Wildman–Crippen LogP) is 2.22.